The summed E-state index contributed by atoms with van der Waals surface area (Å²) in [5.41, 5.74) is 2.74. The highest BCUT2D eigenvalue weighted by Crippen LogP contribution is 2.40. The van der Waals surface area contributed by atoms with Crippen molar-refractivity contribution in [2.24, 2.45) is 5.92 Å². The Hall–Kier alpha value is -3.04. The lowest BCUT2D eigenvalue weighted by Crippen LogP contribution is -2.39. The van der Waals surface area contributed by atoms with E-state index in [9.17, 15) is 13.6 Å². The molecule has 8 nitrogen and oxygen atoms in total. The van der Waals surface area contributed by atoms with Crippen molar-refractivity contribution in [1.29, 1.82) is 0 Å². The van der Waals surface area contributed by atoms with Gasteiger partial charge in [0.05, 0.1) is 24.2 Å². The number of amides is 1. The van der Waals surface area contributed by atoms with E-state index in [2.05, 4.69) is 31.5 Å². The quantitative estimate of drug-likeness (QED) is 0.702. The second kappa shape index (κ2) is 8.14. The Kier molecular flexibility index (Phi) is 5.30. The van der Waals surface area contributed by atoms with Crippen molar-refractivity contribution < 1.29 is 18.3 Å². The fourth-order valence-electron chi connectivity index (χ4n) is 4.85. The van der Waals surface area contributed by atoms with Crippen LogP contribution in [-0.4, -0.2) is 58.5 Å². The van der Waals surface area contributed by atoms with Gasteiger partial charge in [0.2, 0.25) is 11.8 Å². The lowest BCUT2D eigenvalue weighted by molar-refractivity contribution is -0.137. The summed E-state index contributed by atoms with van der Waals surface area (Å²) in [4.78, 5) is 32.8. The predicted molar refractivity (Wildman–Crippen MR) is 114 cm³/mol. The molecule has 0 N–H and O–H groups in total. The molecule has 5 rings (SSSR count). The Balaban J connectivity index is 1.30. The van der Waals surface area contributed by atoms with E-state index in [0.717, 1.165) is 48.1 Å². The smallest absolute Gasteiger partial charge is 0.388 e. The van der Waals surface area contributed by atoms with Crippen LogP contribution >= 0.6 is 0 Å². The van der Waals surface area contributed by atoms with Gasteiger partial charge >= 0.3 is 6.61 Å². The van der Waals surface area contributed by atoms with E-state index in [1.807, 2.05) is 16.7 Å². The molecule has 1 amide bonds. The van der Waals surface area contributed by atoms with Gasteiger partial charge in [-0.15, -0.1) is 0 Å². The fraction of sp³-hybridized carbons (Fsp3) is 0.545. The molecule has 2 fully saturated rings. The van der Waals surface area contributed by atoms with Crippen molar-refractivity contribution in [3.63, 3.8) is 0 Å². The summed E-state index contributed by atoms with van der Waals surface area (Å²) in [6.07, 6.45) is 3.31. The number of pyridine rings is 1. The van der Waals surface area contributed by atoms with Crippen molar-refractivity contribution in [3.05, 3.63) is 35.4 Å². The highest BCUT2D eigenvalue weighted by atomic mass is 19.3. The number of ether oxygens (including phenoxy) is 1. The summed E-state index contributed by atoms with van der Waals surface area (Å²) in [7, 11) is 0. The number of carbonyl (C=O) groups excluding carboxylic acids is 1. The van der Waals surface area contributed by atoms with E-state index in [0.29, 0.717) is 26.1 Å². The monoisotopic (exact) mass is 444 g/mol. The average Bonchev–Trinajstić information content (AvgIpc) is 3.31. The summed E-state index contributed by atoms with van der Waals surface area (Å²) < 4.78 is 29.4. The van der Waals surface area contributed by atoms with Crippen molar-refractivity contribution in [2.45, 2.75) is 45.9 Å². The van der Waals surface area contributed by atoms with Gasteiger partial charge in [-0.1, -0.05) is 0 Å². The summed E-state index contributed by atoms with van der Waals surface area (Å²) in [5, 5.41) is 0. The Bertz CT molecular complexity index is 1030. The molecule has 3 aliphatic heterocycles. The number of carbonyl (C=O) groups is 1. The number of fused-ring (bicyclic) bond motifs is 1. The van der Waals surface area contributed by atoms with Crippen molar-refractivity contribution in [2.75, 3.05) is 36.0 Å². The van der Waals surface area contributed by atoms with Gasteiger partial charge in [-0.25, -0.2) is 15.0 Å². The third-order valence-electron chi connectivity index (χ3n) is 6.59. The maximum atomic E-state index is 13.5. The number of halogens is 2. The van der Waals surface area contributed by atoms with E-state index < -0.39 is 6.61 Å². The van der Waals surface area contributed by atoms with Gasteiger partial charge < -0.3 is 19.4 Å². The van der Waals surface area contributed by atoms with Gasteiger partial charge in [-0.2, -0.15) is 8.78 Å². The van der Waals surface area contributed by atoms with Crippen molar-refractivity contribution in [3.8, 4) is 5.88 Å². The molecule has 0 aliphatic carbocycles. The molecule has 0 saturated carbocycles. The number of aryl methyl sites for hydroxylation is 1. The van der Waals surface area contributed by atoms with Crippen LogP contribution in [0.15, 0.2) is 18.3 Å². The molecule has 2 atom stereocenters. The molecular formula is C22H26F2N6O2. The number of hydrogen-bond donors (Lipinski definition) is 0. The second-order valence-electron chi connectivity index (χ2n) is 8.60. The SMILES string of the molecule is Cc1nc2c(c(N3CCC3)n1)C(C)N(C(=O)C1CCN(c3ccnc(OC(F)F)c3)C1)C2. The van der Waals surface area contributed by atoms with Crippen LogP contribution in [0.3, 0.4) is 0 Å². The molecule has 0 bridgehead atoms. The van der Waals surface area contributed by atoms with E-state index in [1.54, 1.807) is 6.07 Å². The molecule has 0 spiro atoms. The molecule has 2 unspecified atom stereocenters. The van der Waals surface area contributed by atoms with E-state index >= 15 is 0 Å². The van der Waals surface area contributed by atoms with Crippen LogP contribution in [0, 0.1) is 12.8 Å². The summed E-state index contributed by atoms with van der Waals surface area (Å²) in [6, 6.07) is 3.16. The summed E-state index contributed by atoms with van der Waals surface area (Å²) in [6.45, 7) is 4.70. The van der Waals surface area contributed by atoms with Gasteiger partial charge in [0.15, 0.2) is 0 Å². The molecule has 0 radical (unpaired) electrons. The average molecular weight is 444 g/mol. The van der Waals surface area contributed by atoms with E-state index in [1.165, 1.54) is 12.3 Å². The minimum absolute atomic E-state index is 0.0743. The zero-order valence-corrected chi connectivity index (χ0v) is 18.2. The number of nitrogens with zero attached hydrogens (tertiary/aromatic N) is 6. The van der Waals surface area contributed by atoms with Crippen molar-refractivity contribution in [1.82, 2.24) is 19.9 Å². The lowest BCUT2D eigenvalue weighted by Gasteiger charge is -2.34. The maximum absolute atomic E-state index is 13.5. The Morgan fingerprint density at radius 3 is 2.75 bits per heavy atom. The fourth-order valence-corrected chi connectivity index (χ4v) is 4.85. The third kappa shape index (κ3) is 3.71. The Morgan fingerprint density at radius 2 is 2.03 bits per heavy atom. The van der Waals surface area contributed by atoms with Gasteiger partial charge in [0, 0.05) is 49.7 Å². The first-order valence-electron chi connectivity index (χ1n) is 11.0. The third-order valence-corrected chi connectivity index (χ3v) is 6.59. The molecule has 5 heterocycles. The molecule has 3 aliphatic rings. The molecule has 0 aromatic carbocycles. The zero-order chi connectivity index (χ0) is 22.4. The van der Waals surface area contributed by atoms with Crippen LogP contribution in [0.2, 0.25) is 0 Å². The largest absolute Gasteiger partial charge is 0.417 e. The van der Waals surface area contributed by atoms with Crippen LogP contribution < -0.4 is 14.5 Å². The van der Waals surface area contributed by atoms with Crippen LogP contribution in [0.4, 0.5) is 20.3 Å². The van der Waals surface area contributed by atoms with Crippen LogP contribution in [-0.2, 0) is 11.3 Å². The molecular weight excluding hydrogens is 418 g/mol. The zero-order valence-electron chi connectivity index (χ0n) is 18.2. The topological polar surface area (TPSA) is 74.7 Å². The van der Waals surface area contributed by atoms with E-state index in [-0.39, 0.29) is 23.7 Å². The molecule has 32 heavy (non-hydrogen) atoms. The van der Waals surface area contributed by atoms with Gasteiger partial charge in [0.25, 0.3) is 0 Å². The number of aromatic nitrogens is 3. The normalized spacial score (nSPS) is 22.3. The molecule has 2 saturated heterocycles. The number of rotatable bonds is 5. The predicted octanol–water partition coefficient (Wildman–Crippen LogP) is 2.92. The Labute approximate surface area is 185 Å². The first-order valence-corrected chi connectivity index (χ1v) is 11.0. The molecule has 2 aromatic rings. The molecule has 2 aromatic heterocycles. The first kappa shape index (κ1) is 20.8. The minimum Gasteiger partial charge on any atom is -0.417 e. The summed E-state index contributed by atoms with van der Waals surface area (Å²) in [5.74, 6) is 1.52. The Morgan fingerprint density at radius 1 is 1.22 bits per heavy atom. The first-order chi connectivity index (χ1) is 15.4. The van der Waals surface area contributed by atoms with Gasteiger partial charge in [0.1, 0.15) is 11.6 Å². The number of alkyl halides is 2. The standard InChI is InChI=1S/C22H26F2N6O2/c1-13-19-17(26-14(2)27-20(19)28-7-3-8-28)12-30(13)21(31)15-5-9-29(11-15)16-4-6-25-18(10-16)32-22(23)24/h4,6,10,13,15,22H,3,5,7-9,11-12H2,1-2H3. The number of hydrogen-bond acceptors (Lipinski definition) is 7. The minimum atomic E-state index is -2.92. The highest BCUT2D eigenvalue weighted by molar-refractivity contribution is 5.82. The van der Waals surface area contributed by atoms with Crippen molar-refractivity contribution >= 4 is 17.4 Å². The highest BCUT2D eigenvalue weighted by Gasteiger charge is 2.40. The maximum Gasteiger partial charge on any atom is 0.388 e. The van der Waals surface area contributed by atoms with Crippen LogP contribution in [0.5, 0.6) is 5.88 Å². The second-order valence-corrected chi connectivity index (χ2v) is 8.60. The van der Waals surface area contributed by atoms with Gasteiger partial charge in [-0.3, -0.25) is 4.79 Å². The van der Waals surface area contributed by atoms with Gasteiger partial charge in [-0.05, 0) is 32.8 Å². The summed E-state index contributed by atoms with van der Waals surface area (Å²) >= 11 is 0. The molecule has 170 valence electrons. The van der Waals surface area contributed by atoms with E-state index in [4.69, 9.17) is 0 Å². The van der Waals surface area contributed by atoms with Crippen LogP contribution in [0.25, 0.3) is 0 Å². The molecule has 10 heteroatoms. The number of anilines is 2. The van der Waals surface area contributed by atoms with Crippen LogP contribution in [0.1, 0.15) is 42.9 Å². The lowest BCUT2D eigenvalue weighted by atomic mass is 10.1.